The molecule has 1 rings (SSSR count). The summed E-state index contributed by atoms with van der Waals surface area (Å²) in [6, 6.07) is -0.584. The van der Waals surface area contributed by atoms with Crippen LogP contribution in [-0.2, 0) is 14.3 Å². The zero-order valence-electron chi connectivity index (χ0n) is 10.3. The largest absolute Gasteiger partial charge is 0.480 e. The molecule has 1 fully saturated rings. The first-order valence-electron chi connectivity index (χ1n) is 5.74. The summed E-state index contributed by atoms with van der Waals surface area (Å²) < 4.78 is 4.92. The van der Waals surface area contributed by atoms with Gasteiger partial charge in [0, 0.05) is 19.7 Å². The molecule has 1 saturated heterocycles. The van der Waals surface area contributed by atoms with Gasteiger partial charge in [-0.2, -0.15) is 0 Å². The Kier molecular flexibility index (Phi) is 4.89. The number of aliphatic carboxylic acids is 1. The van der Waals surface area contributed by atoms with Crippen LogP contribution in [-0.4, -0.2) is 54.2 Å². The van der Waals surface area contributed by atoms with Crippen LogP contribution in [0.1, 0.15) is 19.8 Å². The molecular formula is C11H20N2O4. The van der Waals surface area contributed by atoms with Crippen LogP contribution in [0.5, 0.6) is 0 Å². The van der Waals surface area contributed by atoms with Crippen LogP contribution in [0.25, 0.3) is 0 Å². The molecule has 0 aromatic carbocycles. The van der Waals surface area contributed by atoms with Crippen LogP contribution in [0, 0.1) is 5.92 Å². The Morgan fingerprint density at radius 2 is 2.18 bits per heavy atom. The molecule has 1 amide bonds. The van der Waals surface area contributed by atoms with Crippen molar-refractivity contribution in [2.24, 2.45) is 11.7 Å². The molecule has 0 saturated carbocycles. The van der Waals surface area contributed by atoms with E-state index in [0.29, 0.717) is 6.54 Å². The summed E-state index contributed by atoms with van der Waals surface area (Å²) in [4.78, 5) is 24.1. The predicted molar refractivity (Wildman–Crippen MR) is 61.4 cm³/mol. The lowest BCUT2D eigenvalue weighted by molar-refractivity contribution is -0.149. The van der Waals surface area contributed by atoms with Crippen molar-refractivity contribution in [1.82, 2.24) is 4.90 Å². The van der Waals surface area contributed by atoms with E-state index >= 15 is 0 Å². The van der Waals surface area contributed by atoms with E-state index in [1.807, 2.05) is 6.92 Å². The summed E-state index contributed by atoms with van der Waals surface area (Å²) in [5.41, 5.74) is 5.28. The number of rotatable bonds is 5. The molecule has 98 valence electrons. The molecule has 0 radical (unpaired) electrons. The highest BCUT2D eigenvalue weighted by molar-refractivity contribution is 5.77. The van der Waals surface area contributed by atoms with E-state index in [-0.39, 0.29) is 24.5 Å². The van der Waals surface area contributed by atoms with Crippen molar-refractivity contribution in [3.8, 4) is 0 Å². The summed E-state index contributed by atoms with van der Waals surface area (Å²) >= 11 is 0. The molecule has 1 aliphatic rings. The Morgan fingerprint density at radius 1 is 1.53 bits per heavy atom. The van der Waals surface area contributed by atoms with Crippen molar-refractivity contribution in [3.63, 3.8) is 0 Å². The Bertz CT molecular complexity index is 295. The third-order valence-electron chi connectivity index (χ3n) is 3.34. The number of carboxylic acids is 1. The molecule has 0 aromatic heterocycles. The monoisotopic (exact) mass is 244 g/mol. The van der Waals surface area contributed by atoms with Crippen LogP contribution in [0.15, 0.2) is 0 Å². The Labute approximate surface area is 101 Å². The van der Waals surface area contributed by atoms with Gasteiger partial charge in [-0.3, -0.25) is 14.5 Å². The van der Waals surface area contributed by atoms with Crippen LogP contribution >= 0.6 is 0 Å². The number of primary amides is 1. The number of carbonyl (C=O) groups excluding carboxylic acids is 1. The summed E-state index contributed by atoms with van der Waals surface area (Å²) in [6.45, 7) is 2.48. The fourth-order valence-electron chi connectivity index (χ4n) is 2.27. The number of nitrogens with two attached hydrogens (primary N) is 1. The lowest BCUT2D eigenvalue weighted by Crippen LogP contribution is -2.54. The minimum atomic E-state index is -0.927. The average molecular weight is 244 g/mol. The summed E-state index contributed by atoms with van der Waals surface area (Å²) in [6.07, 6.45) is 1.51. The van der Waals surface area contributed by atoms with Crippen molar-refractivity contribution >= 4 is 11.9 Å². The highest BCUT2D eigenvalue weighted by atomic mass is 16.5. The molecule has 1 aliphatic heterocycles. The zero-order chi connectivity index (χ0) is 13.0. The van der Waals surface area contributed by atoms with Gasteiger partial charge < -0.3 is 15.6 Å². The van der Waals surface area contributed by atoms with Crippen molar-refractivity contribution in [1.29, 1.82) is 0 Å². The number of amides is 1. The SMILES string of the molecule is COCC(C(=O)O)N1CC(C(N)=O)CCC1C. The van der Waals surface area contributed by atoms with Gasteiger partial charge in [0.25, 0.3) is 0 Å². The van der Waals surface area contributed by atoms with Gasteiger partial charge in [-0.1, -0.05) is 0 Å². The molecule has 17 heavy (non-hydrogen) atoms. The van der Waals surface area contributed by atoms with E-state index in [1.54, 1.807) is 4.90 Å². The lowest BCUT2D eigenvalue weighted by Gasteiger charge is -2.40. The first-order chi connectivity index (χ1) is 7.97. The van der Waals surface area contributed by atoms with E-state index in [9.17, 15) is 9.59 Å². The Balaban J connectivity index is 2.76. The summed E-state index contributed by atoms with van der Waals surface area (Å²) in [5.74, 6) is -1.54. The fourth-order valence-corrected chi connectivity index (χ4v) is 2.27. The second-order valence-corrected chi connectivity index (χ2v) is 4.53. The van der Waals surface area contributed by atoms with Crippen LogP contribution in [0.2, 0.25) is 0 Å². The van der Waals surface area contributed by atoms with Gasteiger partial charge in [0.2, 0.25) is 5.91 Å². The number of carbonyl (C=O) groups is 2. The van der Waals surface area contributed by atoms with E-state index in [2.05, 4.69) is 0 Å². The topological polar surface area (TPSA) is 92.9 Å². The van der Waals surface area contributed by atoms with E-state index in [1.165, 1.54) is 7.11 Å². The van der Waals surface area contributed by atoms with Gasteiger partial charge in [-0.25, -0.2) is 0 Å². The lowest BCUT2D eigenvalue weighted by atomic mass is 9.91. The first-order valence-corrected chi connectivity index (χ1v) is 5.74. The van der Waals surface area contributed by atoms with Gasteiger partial charge in [0.05, 0.1) is 12.5 Å². The number of piperidine rings is 1. The van der Waals surface area contributed by atoms with Crippen molar-refractivity contribution < 1.29 is 19.4 Å². The third-order valence-corrected chi connectivity index (χ3v) is 3.34. The molecular weight excluding hydrogens is 224 g/mol. The van der Waals surface area contributed by atoms with E-state index in [4.69, 9.17) is 15.6 Å². The molecule has 0 spiro atoms. The number of hydrogen-bond acceptors (Lipinski definition) is 4. The van der Waals surface area contributed by atoms with Crippen molar-refractivity contribution in [3.05, 3.63) is 0 Å². The number of carboxylic acid groups (broad SMARTS) is 1. The standard InChI is InChI=1S/C11H20N2O4/c1-7-3-4-8(10(12)14)5-13(7)9(6-17-2)11(15)16/h7-9H,3-6H2,1-2H3,(H2,12,14)(H,15,16). The molecule has 0 bridgehead atoms. The highest BCUT2D eigenvalue weighted by Gasteiger charge is 2.36. The predicted octanol–water partition coefficient (Wildman–Crippen LogP) is -0.328. The maximum Gasteiger partial charge on any atom is 0.323 e. The zero-order valence-corrected chi connectivity index (χ0v) is 10.3. The number of ether oxygens (including phenoxy) is 1. The molecule has 3 atom stereocenters. The molecule has 6 heteroatoms. The number of methoxy groups -OCH3 is 1. The molecule has 0 aromatic rings. The Hall–Kier alpha value is -1.14. The van der Waals surface area contributed by atoms with Gasteiger partial charge in [0.1, 0.15) is 6.04 Å². The third kappa shape index (κ3) is 3.41. The van der Waals surface area contributed by atoms with Crippen LogP contribution in [0.4, 0.5) is 0 Å². The highest BCUT2D eigenvalue weighted by Crippen LogP contribution is 2.24. The quantitative estimate of drug-likeness (QED) is 0.691. The molecule has 3 N–H and O–H groups in total. The van der Waals surface area contributed by atoms with E-state index in [0.717, 1.165) is 12.8 Å². The van der Waals surface area contributed by atoms with Crippen LogP contribution in [0.3, 0.4) is 0 Å². The van der Waals surface area contributed by atoms with Gasteiger partial charge >= 0.3 is 5.97 Å². The minimum Gasteiger partial charge on any atom is -0.480 e. The van der Waals surface area contributed by atoms with Gasteiger partial charge in [-0.15, -0.1) is 0 Å². The maximum atomic E-state index is 11.2. The Morgan fingerprint density at radius 3 is 2.65 bits per heavy atom. The molecule has 6 nitrogen and oxygen atoms in total. The molecule has 0 aliphatic carbocycles. The smallest absolute Gasteiger partial charge is 0.323 e. The molecule has 1 heterocycles. The number of nitrogens with zero attached hydrogens (tertiary/aromatic N) is 1. The second-order valence-electron chi connectivity index (χ2n) is 4.53. The second kappa shape index (κ2) is 5.97. The summed E-state index contributed by atoms with van der Waals surface area (Å²) in [7, 11) is 1.47. The maximum absolute atomic E-state index is 11.2. The summed E-state index contributed by atoms with van der Waals surface area (Å²) in [5, 5.41) is 9.16. The molecule has 3 unspecified atom stereocenters. The average Bonchev–Trinajstić information content (AvgIpc) is 2.26. The number of likely N-dealkylation sites (tertiary alicyclic amines) is 1. The van der Waals surface area contributed by atoms with Gasteiger partial charge in [0.15, 0.2) is 0 Å². The fraction of sp³-hybridized carbons (Fsp3) is 0.818. The number of hydrogen-bond donors (Lipinski definition) is 2. The van der Waals surface area contributed by atoms with Crippen molar-refractivity contribution in [2.45, 2.75) is 31.8 Å². The van der Waals surface area contributed by atoms with Crippen molar-refractivity contribution in [2.75, 3.05) is 20.3 Å². The van der Waals surface area contributed by atoms with Crippen LogP contribution < -0.4 is 5.73 Å². The van der Waals surface area contributed by atoms with Gasteiger partial charge in [-0.05, 0) is 19.8 Å². The minimum absolute atomic E-state index is 0.116. The normalized spacial score (nSPS) is 27.6. The van der Waals surface area contributed by atoms with E-state index < -0.39 is 12.0 Å². The first kappa shape index (κ1) is 13.9.